The van der Waals surface area contributed by atoms with E-state index in [1.165, 1.54) is 0 Å². The lowest BCUT2D eigenvalue weighted by atomic mass is 9.48. The molecule has 2 aliphatic carbocycles. The lowest BCUT2D eigenvalue weighted by molar-refractivity contribution is -0.212. The zero-order valence-electron chi connectivity index (χ0n) is 14.5. The van der Waals surface area contributed by atoms with Crippen LogP contribution in [-0.4, -0.2) is 40.0 Å². The van der Waals surface area contributed by atoms with Gasteiger partial charge in [0.15, 0.2) is 5.60 Å². The summed E-state index contributed by atoms with van der Waals surface area (Å²) in [6.07, 6.45) is 2.88. The van der Waals surface area contributed by atoms with Gasteiger partial charge in [-0.1, -0.05) is 6.92 Å². The Hall–Kier alpha value is -1.86. The Morgan fingerprint density at radius 3 is 2.73 bits per heavy atom. The van der Waals surface area contributed by atoms with Crippen molar-refractivity contribution in [2.75, 3.05) is 0 Å². The highest BCUT2D eigenvalue weighted by molar-refractivity contribution is 5.84. The minimum absolute atomic E-state index is 0.103. The third kappa shape index (κ3) is 1.85. The van der Waals surface area contributed by atoms with E-state index in [1.807, 2.05) is 6.92 Å². The Labute approximate surface area is 150 Å². The molecule has 8 atom stereocenters. The molecule has 1 aromatic heterocycles. The Morgan fingerprint density at radius 2 is 2.00 bits per heavy atom. The molecule has 3 heterocycles. The maximum atomic E-state index is 12.7. The van der Waals surface area contributed by atoms with Gasteiger partial charge >= 0.3 is 11.9 Å². The van der Waals surface area contributed by atoms with Crippen LogP contribution in [0.2, 0.25) is 0 Å². The monoisotopic (exact) mass is 362 g/mol. The number of hydrogen-bond donors (Lipinski definition) is 2. The number of hydrogen-bond acceptors (Lipinski definition) is 7. The van der Waals surface area contributed by atoms with E-state index in [1.54, 1.807) is 18.6 Å². The van der Waals surface area contributed by atoms with Gasteiger partial charge in [0.1, 0.15) is 18.3 Å². The summed E-state index contributed by atoms with van der Waals surface area (Å²) in [6, 6.07) is 1.79. The summed E-state index contributed by atoms with van der Waals surface area (Å²) >= 11 is 0. The number of cyclic esters (lactones) is 1. The first kappa shape index (κ1) is 16.3. The van der Waals surface area contributed by atoms with Gasteiger partial charge < -0.3 is 24.1 Å². The molecule has 5 rings (SSSR count). The van der Waals surface area contributed by atoms with Gasteiger partial charge in [-0.2, -0.15) is 0 Å². The Balaban J connectivity index is 1.54. The molecule has 2 bridgehead atoms. The minimum Gasteiger partial charge on any atom is -0.472 e. The zero-order chi connectivity index (χ0) is 18.3. The van der Waals surface area contributed by atoms with Crippen molar-refractivity contribution in [3.05, 3.63) is 24.2 Å². The van der Waals surface area contributed by atoms with E-state index >= 15 is 0 Å². The van der Waals surface area contributed by atoms with Crippen LogP contribution in [0.3, 0.4) is 0 Å². The maximum Gasteiger partial charge on any atom is 0.341 e. The number of aliphatic hydroxyl groups excluding tert-OH is 1. The lowest BCUT2D eigenvalue weighted by Gasteiger charge is -2.57. The molecule has 2 N–H and O–H groups in total. The van der Waals surface area contributed by atoms with Crippen molar-refractivity contribution in [3.8, 4) is 0 Å². The Kier molecular flexibility index (Phi) is 3.20. The van der Waals surface area contributed by atoms with Gasteiger partial charge in [0.2, 0.25) is 0 Å². The van der Waals surface area contributed by atoms with Gasteiger partial charge in [-0.25, -0.2) is 4.79 Å². The average molecular weight is 362 g/mol. The van der Waals surface area contributed by atoms with Crippen LogP contribution in [0.5, 0.6) is 0 Å². The lowest BCUT2D eigenvalue weighted by Crippen LogP contribution is -2.64. The van der Waals surface area contributed by atoms with Crippen LogP contribution < -0.4 is 0 Å². The first-order valence-corrected chi connectivity index (χ1v) is 9.20. The molecular formula is C19H22O7. The maximum absolute atomic E-state index is 12.7. The molecule has 4 fully saturated rings. The van der Waals surface area contributed by atoms with Gasteiger partial charge in [-0.15, -0.1) is 0 Å². The average Bonchev–Trinajstić information content (AvgIpc) is 3.17. The Morgan fingerprint density at radius 1 is 1.19 bits per heavy atom. The fraction of sp³-hybridized carbons (Fsp3) is 0.684. The van der Waals surface area contributed by atoms with Crippen LogP contribution >= 0.6 is 0 Å². The molecule has 7 heteroatoms. The van der Waals surface area contributed by atoms with E-state index < -0.39 is 41.2 Å². The van der Waals surface area contributed by atoms with Crippen molar-refractivity contribution >= 4 is 11.9 Å². The number of carbonyl (C=O) groups excluding carboxylic acids is 2. The predicted molar refractivity (Wildman–Crippen MR) is 85.4 cm³/mol. The van der Waals surface area contributed by atoms with E-state index in [0.717, 1.165) is 5.56 Å². The van der Waals surface area contributed by atoms with E-state index in [4.69, 9.17) is 13.9 Å². The second-order valence-corrected chi connectivity index (χ2v) is 8.48. The first-order chi connectivity index (χ1) is 12.4. The molecule has 0 amide bonds. The highest BCUT2D eigenvalue weighted by Gasteiger charge is 2.71. The second-order valence-electron chi connectivity index (χ2n) is 8.48. The van der Waals surface area contributed by atoms with Crippen molar-refractivity contribution in [1.29, 1.82) is 0 Å². The largest absolute Gasteiger partial charge is 0.472 e. The standard InChI is InChI=1S/C19H22O7/c1-18-7-14(9-4-5-24-8-9)25-16(21)11(18)3-2-10-12(18)6-13-15(20)19(10,23)17(22)26-13/h4-5,8,10-15,20,23H,2-3,6-7H2,1H3/t10-,11-,12-,13-,14+,15+,18-,19-/m1/s1. The smallest absolute Gasteiger partial charge is 0.341 e. The summed E-state index contributed by atoms with van der Waals surface area (Å²) in [5.74, 6) is -1.76. The fourth-order valence-corrected chi connectivity index (χ4v) is 6.04. The molecular weight excluding hydrogens is 340 g/mol. The quantitative estimate of drug-likeness (QED) is 0.726. The van der Waals surface area contributed by atoms with E-state index in [0.29, 0.717) is 25.7 Å². The number of furan rings is 1. The van der Waals surface area contributed by atoms with Crippen molar-refractivity contribution in [2.45, 2.75) is 56.5 Å². The third-order valence-electron chi connectivity index (χ3n) is 7.42. The number of carbonyl (C=O) groups is 2. The molecule has 26 heavy (non-hydrogen) atoms. The van der Waals surface area contributed by atoms with Gasteiger partial charge in [0.05, 0.1) is 18.4 Å². The molecule has 2 saturated heterocycles. The van der Waals surface area contributed by atoms with Crippen LogP contribution in [-0.2, 0) is 19.1 Å². The molecule has 2 aliphatic heterocycles. The van der Waals surface area contributed by atoms with Crippen LogP contribution in [0.15, 0.2) is 23.0 Å². The molecule has 0 radical (unpaired) electrons. The molecule has 0 spiro atoms. The SMILES string of the molecule is C[C@@]12C[C@@H](c3ccoc3)OC(=O)[C@H]1CC[C@@H]1[C@H]2C[C@H]2OC(=O)[C@]1(O)[C@H]2O. The second kappa shape index (κ2) is 5.10. The molecule has 0 aromatic carbocycles. The minimum atomic E-state index is -1.87. The molecule has 1 aromatic rings. The van der Waals surface area contributed by atoms with Crippen molar-refractivity contribution in [3.63, 3.8) is 0 Å². The third-order valence-corrected chi connectivity index (χ3v) is 7.42. The molecule has 0 unspecified atom stereocenters. The van der Waals surface area contributed by atoms with Gasteiger partial charge in [-0.3, -0.25) is 4.79 Å². The highest BCUT2D eigenvalue weighted by atomic mass is 16.6. The molecule has 7 nitrogen and oxygen atoms in total. The summed E-state index contributed by atoms with van der Waals surface area (Å²) < 4.78 is 16.1. The highest BCUT2D eigenvalue weighted by Crippen LogP contribution is 2.63. The van der Waals surface area contributed by atoms with E-state index in [2.05, 4.69) is 0 Å². The Bertz CT molecular complexity index is 758. The fourth-order valence-electron chi connectivity index (χ4n) is 6.04. The molecule has 140 valence electrons. The van der Waals surface area contributed by atoms with Crippen LogP contribution in [0.4, 0.5) is 0 Å². The summed E-state index contributed by atoms with van der Waals surface area (Å²) in [5, 5.41) is 21.4. The number of aliphatic hydroxyl groups is 2. The molecule has 4 aliphatic rings. The van der Waals surface area contributed by atoms with Gasteiger partial charge in [-0.05, 0) is 43.1 Å². The summed E-state index contributed by atoms with van der Waals surface area (Å²) in [6.45, 7) is 2.05. The van der Waals surface area contributed by atoms with Crippen LogP contribution in [0, 0.1) is 23.2 Å². The summed E-state index contributed by atoms with van der Waals surface area (Å²) in [4.78, 5) is 25.0. The van der Waals surface area contributed by atoms with Crippen LogP contribution in [0.25, 0.3) is 0 Å². The normalized spacial score (nSPS) is 49.8. The van der Waals surface area contributed by atoms with E-state index in [-0.39, 0.29) is 17.8 Å². The van der Waals surface area contributed by atoms with E-state index in [9.17, 15) is 19.8 Å². The number of fused-ring (bicyclic) bond motifs is 6. The van der Waals surface area contributed by atoms with Crippen molar-refractivity contribution in [2.24, 2.45) is 23.2 Å². The molecule has 2 saturated carbocycles. The zero-order valence-corrected chi connectivity index (χ0v) is 14.5. The van der Waals surface area contributed by atoms with Crippen LogP contribution in [0.1, 0.15) is 44.3 Å². The van der Waals surface area contributed by atoms with Gasteiger partial charge in [0.25, 0.3) is 0 Å². The number of ether oxygens (including phenoxy) is 2. The predicted octanol–water partition coefficient (Wildman–Crippen LogP) is 1.34. The topological polar surface area (TPSA) is 106 Å². The number of rotatable bonds is 1. The van der Waals surface area contributed by atoms with Crippen molar-refractivity contribution in [1.82, 2.24) is 0 Å². The van der Waals surface area contributed by atoms with Gasteiger partial charge in [0, 0.05) is 11.5 Å². The van der Waals surface area contributed by atoms with Crippen molar-refractivity contribution < 1.29 is 33.7 Å². The first-order valence-electron chi connectivity index (χ1n) is 9.20. The summed E-state index contributed by atoms with van der Waals surface area (Å²) in [7, 11) is 0. The summed E-state index contributed by atoms with van der Waals surface area (Å²) in [5.41, 5.74) is -1.50. The number of esters is 2.